The van der Waals surface area contributed by atoms with E-state index in [-0.39, 0.29) is 17.2 Å². The van der Waals surface area contributed by atoms with Gasteiger partial charge in [-0.25, -0.2) is 4.98 Å². The van der Waals surface area contributed by atoms with Crippen molar-refractivity contribution in [2.45, 2.75) is 12.7 Å². The Morgan fingerprint density at radius 1 is 1.23 bits per heavy atom. The number of amides is 1. The number of aromatic nitrogens is 2. The van der Waals surface area contributed by atoms with E-state index in [0.717, 1.165) is 10.4 Å². The summed E-state index contributed by atoms with van der Waals surface area (Å²) >= 11 is 4.46. The van der Waals surface area contributed by atoms with Gasteiger partial charge in [0.25, 0.3) is 5.56 Å². The van der Waals surface area contributed by atoms with E-state index in [1.54, 1.807) is 11.3 Å². The van der Waals surface area contributed by atoms with Crippen LogP contribution in [0.3, 0.4) is 0 Å². The number of thiophene rings is 2. The standard InChI is InChI=1S/C21H19N3O3S3/c1-2-27-15-7-4-3-6-14(15)22-18(25)12-28-11-17-23-20(26)19-13(10-30-21(19)24-17)16-8-5-9-29-16/h3-10H,2,11-12H2,1H3,(H,22,25)(H,23,24,26). The molecule has 0 aliphatic carbocycles. The molecular formula is C21H19N3O3S3. The SMILES string of the molecule is CCOc1ccccc1NC(=O)CSCc1nc2scc(-c3cccs3)c2c(=O)[nH]1. The number of thioether (sulfide) groups is 1. The summed E-state index contributed by atoms with van der Waals surface area (Å²) in [5, 5.41) is 7.45. The molecule has 0 bridgehead atoms. The first-order valence-corrected chi connectivity index (χ1v) is 12.2. The molecule has 0 aliphatic rings. The van der Waals surface area contributed by atoms with Crippen LogP contribution in [0.25, 0.3) is 20.7 Å². The molecule has 0 radical (unpaired) electrons. The van der Waals surface area contributed by atoms with E-state index in [1.807, 2.05) is 54.1 Å². The van der Waals surface area contributed by atoms with Crippen molar-refractivity contribution in [3.8, 4) is 16.2 Å². The van der Waals surface area contributed by atoms with Crippen LogP contribution in [0.4, 0.5) is 5.69 Å². The lowest BCUT2D eigenvalue weighted by atomic mass is 10.2. The number of carbonyl (C=O) groups is 1. The van der Waals surface area contributed by atoms with Crippen molar-refractivity contribution < 1.29 is 9.53 Å². The minimum absolute atomic E-state index is 0.133. The van der Waals surface area contributed by atoms with Gasteiger partial charge in [-0.1, -0.05) is 18.2 Å². The largest absolute Gasteiger partial charge is 0.492 e. The Kier molecular flexibility index (Phi) is 6.51. The molecule has 0 fully saturated rings. The van der Waals surface area contributed by atoms with Crippen molar-refractivity contribution in [1.29, 1.82) is 0 Å². The molecule has 0 aliphatic heterocycles. The molecule has 9 heteroatoms. The summed E-state index contributed by atoms with van der Waals surface area (Å²) < 4.78 is 5.53. The van der Waals surface area contributed by atoms with Crippen LogP contribution in [0.5, 0.6) is 5.75 Å². The molecule has 0 saturated heterocycles. The Hall–Kier alpha value is -2.62. The zero-order valence-electron chi connectivity index (χ0n) is 16.1. The number of anilines is 1. The Labute approximate surface area is 185 Å². The fraction of sp³-hybridized carbons (Fsp3) is 0.190. The van der Waals surface area contributed by atoms with Gasteiger partial charge in [0, 0.05) is 15.8 Å². The van der Waals surface area contributed by atoms with Gasteiger partial charge >= 0.3 is 0 Å². The van der Waals surface area contributed by atoms with Gasteiger partial charge in [0.05, 0.1) is 29.2 Å². The topological polar surface area (TPSA) is 84.1 Å². The van der Waals surface area contributed by atoms with Gasteiger partial charge in [0.15, 0.2) is 0 Å². The fourth-order valence-corrected chi connectivity index (χ4v) is 5.42. The summed E-state index contributed by atoms with van der Waals surface area (Å²) in [6.45, 7) is 2.43. The number of nitrogens with one attached hydrogen (secondary N) is 2. The van der Waals surface area contributed by atoms with Crippen molar-refractivity contribution in [3.05, 3.63) is 63.3 Å². The Morgan fingerprint density at radius 3 is 2.90 bits per heavy atom. The number of carbonyl (C=O) groups excluding carboxylic acids is 1. The molecule has 4 rings (SSSR count). The predicted octanol–water partition coefficient (Wildman–Crippen LogP) is 4.98. The molecule has 30 heavy (non-hydrogen) atoms. The highest BCUT2D eigenvalue weighted by Gasteiger charge is 2.14. The second-order valence-corrected chi connectivity index (χ2v) is 9.08. The first-order valence-electron chi connectivity index (χ1n) is 9.29. The van der Waals surface area contributed by atoms with E-state index in [9.17, 15) is 9.59 Å². The Morgan fingerprint density at radius 2 is 2.10 bits per heavy atom. The first kappa shape index (κ1) is 20.6. The molecule has 1 aromatic carbocycles. The molecule has 4 aromatic rings. The average Bonchev–Trinajstić information content (AvgIpc) is 3.39. The summed E-state index contributed by atoms with van der Waals surface area (Å²) in [5.74, 6) is 1.77. The highest BCUT2D eigenvalue weighted by Crippen LogP contribution is 2.33. The number of hydrogen-bond donors (Lipinski definition) is 2. The molecular weight excluding hydrogens is 438 g/mol. The van der Waals surface area contributed by atoms with Crippen LogP contribution in [-0.2, 0) is 10.5 Å². The monoisotopic (exact) mass is 457 g/mol. The molecule has 6 nitrogen and oxygen atoms in total. The Bertz CT molecular complexity index is 1220. The molecule has 0 spiro atoms. The van der Waals surface area contributed by atoms with E-state index in [1.165, 1.54) is 23.1 Å². The van der Waals surface area contributed by atoms with Crippen LogP contribution in [0.2, 0.25) is 0 Å². The lowest BCUT2D eigenvalue weighted by Crippen LogP contribution is -2.16. The molecule has 3 heterocycles. The highest BCUT2D eigenvalue weighted by atomic mass is 32.2. The molecule has 2 N–H and O–H groups in total. The van der Waals surface area contributed by atoms with Gasteiger partial charge in [-0.2, -0.15) is 0 Å². The number of aromatic amines is 1. The zero-order chi connectivity index (χ0) is 20.9. The lowest BCUT2D eigenvalue weighted by molar-refractivity contribution is -0.113. The van der Waals surface area contributed by atoms with Crippen molar-refractivity contribution in [3.63, 3.8) is 0 Å². The number of benzene rings is 1. The van der Waals surface area contributed by atoms with Crippen LogP contribution < -0.4 is 15.6 Å². The van der Waals surface area contributed by atoms with E-state index >= 15 is 0 Å². The summed E-state index contributed by atoms with van der Waals surface area (Å²) in [4.78, 5) is 34.1. The second kappa shape index (κ2) is 9.46. The number of H-pyrrole nitrogens is 1. The number of ether oxygens (including phenoxy) is 1. The summed E-state index contributed by atoms with van der Waals surface area (Å²) in [7, 11) is 0. The van der Waals surface area contributed by atoms with Crippen molar-refractivity contribution >= 4 is 56.2 Å². The van der Waals surface area contributed by atoms with Crippen LogP contribution in [-0.4, -0.2) is 28.2 Å². The van der Waals surface area contributed by atoms with Gasteiger partial charge in [0.2, 0.25) is 5.91 Å². The van der Waals surface area contributed by atoms with Crippen molar-refractivity contribution in [2.24, 2.45) is 0 Å². The third-order valence-electron chi connectivity index (χ3n) is 4.21. The van der Waals surface area contributed by atoms with E-state index in [4.69, 9.17) is 4.74 Å². The Balaban J connectivity index is 1.40. The van der Waals surface area contributed by atoms with Gasteiger partial charge in [-0.3, -0.25) is 9.59 Å². The molecule has 0 saturated carbocycles. The second-order valence-electron chi connectivity index (χ2n) is 6.29. The van der Waals surface area contributed by atoms with Gasteiger partial charge in [-0.05, 0) is 30.5 Å². The molecule has 3 aromatic heterocycles. The summed E-state index contributed by atoms with van der Waals surface area (Å²) in [6, 6.07) is 11.3. The van der Waals surface area contributed by atoms with E-state index < -0.39 is 0 Å². The smallest absolute Gasteiger partial charge is 0.260 e. The average molecular weight is 458 g/mol. The summed E-state index contributed by atoms with van der Waals surface area (Å²) in [5.41, 5.74) is 1.43. The number of hydrogen-bond acceptors (Lipinski definition) is 7. The van der Waals surface area contributed by atoms with Crippen molar-refractivity contribution in [1.82, 2.24) is 9.97 Å². The quantitative estimate of drug-likeness (QED) is 0.390. The fourth-order valence-electron chi connectivity index (χ4n) is 2.95. The maximum Gasteiger partial charge on any atom is 0.260 e. The van der Waals surface area contributed by atoms with E-state index in [2.05, 4.69) is 15.3 Å². The minimum atomic E-state index is -0.143. The van der Waals surface area contributed by atoms with Crippen LogP contribution in [0, 0.1) is 0 Å². The molecule has 1 amide bonds. The van der Waals surface area contributed by atoms with E-state index in [0.29, 0.717) is 39.8 Å². The highest BCUT2D eigenvalue weighted by molar-refractivity contribution is 7.99. The number of nitrogens with zero attached hydrogens (tertiary/aromatic N) is 1. The maximum atomic E-state index is 12.6. The van der Waals surface area contributed by atoms with Gasteiger partial charge < -0.3 is 15.0 Å². The number of para-hydroxylation sites is 2. The number of fused-ring (bicyclic) bond motifs is 1. The van der Waals surface area contributed by atoms with Gasteiger partial charge in [0.1, 0.15) is 16.4 Å². The number of rotatable bonds is 8. The van der Waals surface area contributed by atoms with Crippen LogP contribution >= 0.6 is 34.4 Å². The normalized spacial score (nSPS) is 11.0. The third-order valence-corrected chi connectivity index (χ3v) is 6.93. The first-order chi connectivity index (χ1) is 14.7. The van der Waals surface area contributed by atoms with Crippen LogP contribution in [0.15, 0.2) is 52.0 Å². The maximum absolute atomic E-state index is 12.6. The van der Waals surface area contributed by atoms with Crippen LogP contribution in [0.1, 0.15) is 12.7 Å². The summed E-state index contributed by atoms with van der Waals surface area (Å²) in [6.07, 6.45) is 0. The zero-order valence-corrected chi connectivity index (χ0v) is 18.6. The lowest BCUT2D eigenvalue weighted by Gasteiger charge is -2.11. The predicted molar refractivity (Wildman–Crippen MR) is 126 cm³/mol. The van der Waals surface area contributed by atoms with Gasteiger partial charge in [-0.15, -0.1) is 34.4 Å². The molecule has 0 unspecified atom stereocenters. The third kappa shape index (κ3) is 4.58. The minimum Gasteiger partial charge on any atom is -0.492 e. The molecule has 154 valence electrons. The van der Waals surface area contributed by atoms with Crippen molar-refractivity contribution in [2.75, 3.05) is 17.7 Å². The molecule has 0 atom stereocenters.